The van der Waals surface area contributed by atoms with Crippen molar-refractivity contribution < 1.29 is 9.59 Å². The number of anilines is 1. The number of allylic oxidation sites excluding steroid dienone is 2. The lowest BCUT2D eigenvalue weighted by atomic mass is 9.45. The van der Waals surface area contributed by atoms with Gasteiger partial charge in [-0.25, -0.2) is 0 Å². The van der Waals surface area contributed by atoms with E-state index in [1.165, 1.54) is 49.2 Å². The molecule has 0 N–H and O–H groups in total. The molecule has 4 fully saturated rings. The van der Waals surface area contributed by atoms with E-state index in [4.69, 9.17) is 0 Å². The Hall–Kier alpha value is -1.55. The molecule has 1 aromatic carbocycles. The fourth-order valence-electron chi connectivity index (χ4n) is 7.44. The van der Waals surface area contributed by atoms with E-state index in [0.29, 0.717) is 0 Å². The number of nitrogens with zero attached hydrogens (tertiary/aromatic N) is 1. The van der Waals surface area contributed by atoms with Crippen LogP contribution in [0.1, 0.15) is 38.5 Å². The van der Waals surface area contributed by atoms with Gasteiger partial charge in [-0.05, 0) is 54.9 Å². The van der Waals surface area contributed by atoms with Gasteiger partial charge in [0.25, 0.3) is 0 Å². The Bertz CT molecular complexity index is 785. The highest BCUT2D eigenvalue weighted by atomic mass is 32.2. The minimum absolute atomic E-state index is 0.0512. The normalized spacial score (nSPS) is 41.3. The molecule has 0 unspecified atom stereocenters. The number of hydrogen-bond donors (Lipinski definition) is 0. The maximum atomic E-state index is 13.5. The van der Waals surface area contributed by atoms with Gasteiger partial charge in [-0.15, -0.1) is 0 Å². The maximum Gasteiger partial charge on any atom is 0.238 e. The van der Waals surface area contributed by atoms with E-state index in [0.717, 1.165) is 5.69 Å². The van der Waals surface area contributed by atoms with Crippen molar-refractivity contribution in [2.24, 2.45) is 29.1 Å². The van der Waals surface area contributed by atoms with Gasteiger partial charge in [0.1, 0.15) is 0 Å². The molecule has 0 aromatic heterocycles. The lowest BCUT2D eigenvalue weighted by Gasteiger charge is -2.62. The molecule has 2 amide bonds. The van der Waals surface area contributed by atoms with Crippen molar-refractivity contribution in [3.8, 4) is 0 Å². The molecule has 4 heteroatoms. The monoisotopic (exact) mass is 379 g/mol. The Kier molecular flexibility index (Phi) is 3.34. The van der Waals surface area contributed by atoms with E-state index in [2.05, 4.69) is 23.9 Å². The number of thioether (sulfide) groups is 1. The fourth-order valence-corrected chi connectivity index (χ4v) is 9.43. The van der Waals surface area contributed by atoms with Crippen LogP contribution in [0.2, 0.25) is 0 Å². The maximum absolute atomic E-state index is 13.5. The molecule has 7 rings (SSSR count). The number of benzene rings is 1. The Morgan fingerprint density at radius 3 is 2.19 bits per heavy atom. The Balaban J connectivity index is 1.50. The van der Waals surface area contributed by atoms with Gasteiger partial charge >= 0.3 is 0 Å². The van der Waals surface area contributed by atoms with E-state index < -0.39 is 0 Å². The van der Waals surface area contributed by atoms with Gasteiger partial charge in [-0.3, -0.25) is 14.5 Å². The van der Waals surface area contributed by atoms with Crippen molar-refractivity contribution in [3.63, 3.8) is 0 Å². The van der Waals surface area contributed by atoms with Crippen molar-refractivity contribution in [2.75, 3.05) is 10.7 Å². The Morgan fingerprint density at radius 1 is 0.852 bits per heavy atom. The zero-order valence-corrected chi connectivity index (χ0v) is 16.3. The van der Waals surface area contributed by atoms with E-state index in [9.17, 15) is 9.59 Å². The summed E-state index contributed by atoms with van der Waals surface area (Å²) in [6.45, 7) is 0. The Morgan fingerprint density at radius 2 is 1.52 bits per heavy atom. The third-order valence-corrected chi connectivity index (χ3v) is 10.2. The molecule has 27 heavy (non-hydrogen) atoms. The Labute approximate surface area is 164 Å². The first-order chi connectivity index (χ1) is 13.2. The lowest BCUT2D eigenvalue weighted by Crippen LogP contribution is -2.63. The largest absolute Gasteiger partial charge is 0.274 e. The van der Waals surface area contributed by atoms with E-state index in [1.54, 1.807) is 0 Å². The molecule has 0 radical (unpaired) electrons. The summed E-state index contributed by atoms with van der Waals surface area (Å²) >= 11 is 2.14. The number of amides is 2. The molecule has 2 heterocycles. The van der Waals surface area contributed by atoms with Crippen LogP contribution in [0.4, 0.5) is 5.69 Å². The molecule has 2 saturated heterocycles. The summed E-state index contributed by atoms with van der Waals surface area (Å²) in [4.78, 5) is 28.6. The predicted octanol–water partition coefficient (Wildman–Crippen LogP) is 4.43. The number of imide groups is 1. The zero-order valence-electron chi connectivity index (χ0n) is 15.5. The molecule has 140 valence electrons. The smallest absolute Gasteiger partial charge is 0.238 e. The minimum atomic E-state index is -0.149. The highest BCUT2D eigenvalue weighted by Gasteiger charge is 2.73. The standard InChI is InChI=1S/C23H25NO2S/c25-20-18-16-9-10-17(19(18)21(26)24(20)15-7-2-1-3-8-15)23(13-6-14-27-23)22(16)11-4-5-12-22/h1-3,7-10,16-19H,4-6,11-14H2/t16-,17+,18+,19+,23+/m1/s1. The molecular formula is C23H25NO2S. The molecule has 2 saturated carbocycles. The van der Waals surface area contributed by atoms with Crippen molar-refractivity contribution in [2.45, 2.75) is 43.3 Å². The molecule has 4 aliphatic carbocycles. The first-order valence-corrected chi connectivity index (χ1v) is 11.4. The van der Waals surface area contributed by atoms with Gasteiger partial charge in [0, 0.05) is 10.7 Å². The number of rotatable bonds is 1. The van der Waals surface area contributed by atoms with Gasteiger partial charge in [0.2, 0.25) is 11.8 Å². The van der Waals surface area contributed by atoms with E-state index >= 15 is 0 Å². The molecule has 2 spiro atoms. The number of carbonyl (C=O) groups excluding carboxylic acids is 2. The SMILES string of the molecule is O=C1[C@@H]2[C@@H](C(=O)N1c1ccccc1)[C@@H]1C=C[C@H]2C2(CCCC2)[C@]12CCCS2. The molecule has 1 aromatic rings. The van der Waals surface area contributed by atoms with Crippen LogP contribution in [0.25, 0.3) is 0 Å². The van der Waals surface area contributed by atoms with Gasteiger partial charge in [-0.2, -0.15) is 11.8 Å². The van der Waals surface area contributed by atoms with Crippen LogP contribution in [-0.4, -0.2) is 22.3 Å². The minimum Gasteiger partial charge on any atom is -0.274 e. The number of carbonyl (C=O) groups is 2. The van der Waals surface area contributed by atoms with Crippen LogP contribution in [0.15, 0.2) is 42.5 Å². The molecule has 6 aliphatic rings. The first-order valence-electron chi connectivity index (χ1n) is 10.4. The van der Waals surface area contributed by atoms with Crippen LogP contribution in [0, 0.1) is 29.1 Å². The average Bonchev–Trinajstić information content (AvgIpc) is 3.42. The van der Waals surface area contributed by atoms with Crippen LogP contribution in [0.3, 0.4) is 0 Å². The second-order valence-electron chi connectivity index (χ2n) is 9.04. The van der Waals surface area contributed by atoms with Crippen molar-refractivity contribution in [1.29, 1.82) is 0 Å². The molecule has 5 atom stereocenters. The van der Waals surface area contributed by atoms with Gasteiger partial charge in [0.05, 0.1) is 17.5 Å². The highest BCUT2D eigenvalue weighted by Crippen LogP contribution is 2.73. The predicted molar refractivity (Wildman–Crippen MR) is 107 cm³/mol. The summed E-state index contributed by atoms with van der Waals surface area (Å²) in [5.74, 6) is 1.49. The van der Waals surface area contributed by atoms with Crippen LogP contribution >= 0.6 is 11.8 Å². The van der Waals surface area contributed by atoms with Crippen molar-refractivity contribution >= 4 is 29.3 Å². The average molecular weight is 380 g/mol. The van der Waals surface area contributed by atoms with E-state index in [-0.39, 0.29) is 45.6 Å². The molecular weight excluding hydrogens is 354 g/mol. The van der Waals surface area contributed by atoms with Gasteiger partial charge in [0.15, 0.2) is 0 Å². The third-order valence-electron chi connectivity index (χ3n) is 8.28. The fraction of sp³-hybridized carbons (Fsp3) is 0.565. The summed E-state index contributed by atoms with van der Waals surface area (Å²) in [5, 5.41) is 0. The number of hydrogen-bond acceptors (Lipinski definition) is 3. The summed E-state index contributed by atoms with van der Waals surface area (Å²) in [5.41, 5.74) is 0.979. The second-order valence-corrected chi connectivity index (χ2v) is 10.5. The lowest BCUT2D eigenvalue weighted by molar-refractivity contribution is -0.133. The molecule has 2 bridgehead atoms. The number of para-hydroxylation sites is 1. The quantitative estimate of drug-likeness (QED) is 0.535. The first kappa shape index (κ1) is 16.4. The summed E-state index contributed by atoms with van der Waals surface area (Å²) in [6.07, 6.45) is 12.2. The summed E-state index contributed by atoms with van der Waals surface area (Å²) in [6, 6.07) is 9.56. The van der Waals surface area contributed by atoms with E-state index in [1.807, 2.05) is 30.3 Å². The van der Waals surface area contributed by atoms with Crippen molar-refractivity contribution in [1.82, 2.24) is 0 Å². The topological polar surface area (TPSA) is 37.4 Å². The van der Waals surface area contributed by atoms with Crippen LogP contribution in [-0.2, 0) is 9.59 Å². The second kappa shape index (κ2) is 5.50. The van der Waals surface area contributed by atoms with Crippen molar-refractivity contribution in [3.05, 3.63) is 42.5 Å². The summed E-state index contributed by atoms with van der Waals surface area (Å²) < 4.78 is 0.187. The molecule has 3 nitrogen and oxygen atoms in total. The van der Waals surface area contributed by atoms with Gasteiger partial charge in [-0.1, -0.05) is 43.2 Å². The molecule has 2 aliphatic heterocycles. The highest BCUT2D eigenvalue weighted by molar-refractivity contribution is 8.01. The van der Waals surface area contributed by atoms with Gasteiger partial charge < -0.3 is 0 Å². The zero-order chi connectivity index (χ0) is 18.2. The van der Waals surface area contributed by atoms with Crippen LogP contribution < -0.4 is 4.90 Å². The third kappa shape index (κ3) is 1.81. The summed E-state index contributed by atoms with van der Waals surface area (Å²) in [7, 11) is 0. The van der Waals surface area contributed by atoms with Crippen LogP contribution in [0.5, 0.6) is 0 Å².